The Bertz CT molecular complexity index is 888. The molecule has 0 radical (unpaired) electrons. The first-order valence-corrected chi connectivity index (χ1v) is 8.73. The van der Waals surface area contributed by atoms with Crippen molar-refractivity contribution < 1.29 is 28.7 Å². The number of hydrogen-bond acceptors (Lipinski definition) is 7. The van der Waals surface area contributed by atoms with Crippen LogP contribution < -0.4 is 10.2 Å². The number of amides is 1. The molecule has 0 fully saturated rings. The fraction of sp³-hybridized carbons (Fsp3) is 0.263. The number of ether oxygens (including phenoxy) is 1. The van der Waals surface area contributed by atoms with Crippen LogP contribution in [0, 0.1) is 15.9 Å². The van der Waals surface area contributed by atoms with Crippen LogP contribution in [-0.4, -0.2) is 48.2 Å². The van der Waals surface area contributed by atoms with E-state index in [1.54, 1.807) is 6.92 Å². The number of nitro groups is 1. The van der Waals surface area contributed by atoms with Gasteiger partial charge in [-0.15, -0.1) is 0 Å². The minimum absolute atomic E-state index is 0.116. The molecule has 1 amide bonds. The number of benzene rings is 2. The molecule has 0 spiro atoms. The summed E-state index contributed by atoms with van der Waals surface area (Å²) in [6.07, 6.45) is 0. The second-order valence-electron chi connectivity index (χ2n) is 5.83. The molecule has 0 aliphatic rings. The fourth-order valence-corrected chi connectivity index (χ4v) is 2.57. The molecule has 29 heavy (non-hydrogen) atoms. The molecule has 0 bridgehead atoms. The average Bonchev–Trinajstić information content (AvgIpc) is 2.72. The van der Waals surface area contributed by atoms with Crippen LogP contribution in [0.2, 0.25) is 0 Å². The number of nitrogens with one attached hydrogen (secondary N) is 1. The highest BCUT2D eigenvalue weighted by atomic mass is 19.1. The number of aliphatic hydroxyl groups is 1. The highest BCUT2D eigenvalue weighted by Crippen LogP contribution is 2.23. The predicted octanol–water partition coefficient (Wildman–Crippen LogP) is 2.35. The zero-order valence-electron chi connectivity index (χ0n) is 15.6. The smallest absolute Gasteiger partial charge is 0.341 e. The van der Waals surface area contributed by atoms with E-state index in [1.165, 1.54) is 41.3 Å². The van der Waals surface area contributed by atoms with Gasteiger partial charge in [0, 0.05) is 36.6 Å². The maximum Gasteiger partial charge on any atom is 0.341 e. The molecule has 0 unspecified atom stereocenters. The van der Waals surface area contributed by atoms with Crippen molar-refractivity contribution in [3.63, 3.8) is 0 Å². The van der Waals surface area contributed by atoms with Gasteiger partial charge in [0.05, 0.1) is 17.1 Å². The van der Waals surface area contributed by atoms with Crippen molar-refractivity contribution in [3.05, 3.63) is 64.0 Å². The van der Waals surface area contributed by atoms with Crippen LogP contribution in [0.5, 0.6) is 0 Å². The molecule has 10 heteroatoms. The van der Waals surface area contributed by atoms with Crippen LogP contribution in [0.25, 0.3) is 0 Å². The van der Waals surface area contributed by atoms with E-state index in [9.17, 15) is 24.1 Å². The van der Waals surface area contributed by atoms with E-state index >= 15 is 0 Å². The van der Waals surface area contributed by atoms with Gasteiger partial charge in [-0.2, -0.15) is 0 Å². The summed E-state index contributed by atoms with van der Waals surface area (Å²) in [6, 6.07) is 8.83. The maximum absolute atomic E-state index is 13.1. The van der Waals surface area contributed by atoms with Crippen LogP contribution in [0.3, 0.4) is 0 Å². The quantitative estimate of drug-likeness (QED) is 0.373. The lowest BCUT2D eigenvalue weighted by Gasteiger charge is -2.21. The van der Waals surface area contributed by atoms with Gasteiger partial charge in [-0.05, 0) is 37.3 Å². The van der Waals surface area contributed by atoms with E-state index in [4.69, 9.17) is 9.84 Å². The second-order valence-corrected chi connectivity index (χ2v) is 5.83. The number of halogens is 1. The summed E-state index contributed by atoms with van der Waals surface area (Å²) in [5.74, 6) is -1.92. The summed E-state index contributed by atoms with van der Waals surface area (Å²) < 4.78 is 18.1. The zero-order valence-corrected chi connectivity index (χ0v) is 15.6. The molecule has 2 aromatic carbocycles. The molecule has 0 aliphatic carbocycles. The van der Waals surface area contributed by atoms with E-state index < -0.39 is 29.2 Å². The SMILES string of the molecule is CCN(C(=O)COC(=O)c1cc([N+](=O)[O-])ccc1NCCO)c1ccc(F)cc1. The van der Waals surface area contributed by atoms with Gasteiger partial charge < -0.3 is 20.1 Å². The number of hydrogen-bond donors (Lipinski definition) is 2. The molecule has 154 valence electrons. The van der Waals surface area contributed by atoms with Crippen molar-refractivity contribution >= 4 is 28.9 Å². The fourth-order valence-electron chi connectivity index (χ4n) is 2.57. The molecular weight excluding hydrogens is 385 g/mol. The lowest BCUT2D eigenvalue weighted by molar-refractivity contribution is -0.384. The molecule has 2 N–H and O–H groups in total. The van der Waals surface area contributed by atoms with Crippen molar-refractivity contribution in [2.45, 2.75) is 6.92 Å². The Balaban J connectivity index is 2.14. The Morgan fingerprint density at radius 2 is 1.93 bits per heavy atom. The van der Waals surface area contributed by atoms with Gasteiger partial charge in [0.2, 0.25) is 0 Å². The molecule has 2 rings (SSSR count). The van der Waals surface area contributed by atoms with Crippen LogP contribution >= 0.6 is 0 Å². The number of nitro benzene ring substituents is 1. The Morgan fingerprint density at radius 1 is 1.24 bits per heavy atom. The third kappa shape index (κ3) is 5.72. The van der Waals surface area contributed by atoms with E-state index in [0.29, 0.717) is 5.69 Å². The summed E-state index contributed by atoms with van der Waals surface area (Å²) in [7, 11) is 0. The molecular formula is C19H20FN3O6. The average molecular weight is 405 g/mol. The standard InChI is InChI=1S/C19H20FN3O6/c1-2-22(14-5-3-13(20)4-6-14)18(25)12-29-19(26)16-11-15(23(27)28)7-8-17(16)21-9-10-24/h3-8,11,21,24H,2,9-10,12H2,1H3. The molecule has 0 aromatic heterocycles. The monoisotopic (exact) mass is 405 g/mol. The van der Waals surface area contributed by atoms with Crippen molar-refractivity contribution in [3.8, 4) is 0 Å². The van der Waals surface area contributed by atoms with Gasteiger partial charge in [0.15, 0.2) is 6.61 Å². The number of non-ortho nitro benzene ring substituents is 1. The highest BCUT2D eigenvalue weighted by molar-refractivity contribution is 5.99. The van der Waals surface area contributed by atoms with E-state index in [0.717, 1.165) is 6.07 Å². The van der Waals surface area contributed by atoms with Crippen LogP contribution in [0.15, 0.2) is 42.5 Å². The Morgan fingerprint density at radius 3 is 2.52 bits per heavy atom. The van der Waals surface area contributed by atoms with Crippen molar-refractivity contribution in [2.24, 2.45) is 0 Å². The van der Waals surface area contributed by atoms with Crippen LogP contribution in [-0.2, 0) is 9.53 Å². The molecule has 0 saturated heterocycles. The zero-order chi connectivity index (χ0) is 21.4. The second kappa shape index (κ2) is 10.1. The minimum Gasteiger partial charge on any atom is -0.452 e. The van der Waals surface area contributed by atoms with E-state index in [1.807, 2.05) is 0 Å². The molecule has 0 heterocycles. The minimum atomic E-state index is -0.933. The molecule has 2 aromatic rings. The van der Waals surface area contributed by atoms with Gasteiger partial charge in [0.25, 0.3) is 11.6 Å². The number of carbonyl (C=O) groups is 2. The number of aliphatic hydroxyl groups excluding tert-OH is 1. The van der Waals surface area contributed by atoms with Gasteiger partial charge in [-0.3, -0.25) is 14.9 Å². The summed E-state index contributed by atoms with van der Waals surface area (Å²) in [4.78, 5) is 36.5. The normalized spacial score (nSPS) is 10.3. The van der Waals surface area contributed by atoms with Crippen molar-refractivity contribution in [1.82, 2.24) is 0 Å². The molecule has 0 aliphatic heterocycles. The Hall–Kier alpha value is -3.53. The van der Waals surface area contributed by atoms with Crippen LogP contribution in [0.1, 0.15) is 17.3 Å². The number of rotatable bonds is 9. The van der Waals surface area contributed by atoms with Gasteiger partial charge >= 0.3 is 5.97 Å². The first-order valence-electron chi connectivity index (χ1n) is 8.73. The van der Waals surface area contributed by atoms with Crippen molar-refractivity contribution in [1.29, 1.82) is 0 Å². The number of anilines is 2. The van der Waals surface area contributed by atoms with Gasteiger partial charge in [-0.25, -0.2) is 9.18 Å². The Kier molecular flexibility index (Phi) is 7.61. The Labute approximate surface area is 165 Å². The highest BCUT2D eigenvalue weighted by Gasteiger charge is 2.21. The number of nitrogens with zero attached hydrogens (tertiary/aromatic N) is 2. The predicted molar refractivity (Wildman–Crippen MR) is 103 cm³/mol. The maximum atomic E-state index is 13.1. The topological polar surface area (TPSA) is 122 Å². The van der Waals surface area contributed by atoms with E-state index in [-0.39, 0.29) is 36.6 Å². The summed E-state index contributed by atoms with van der Waals surface area (Å²) >= 11 is 0. The molecule has 0 saturated carbocycles. The lowest BCUT2D eigenvalue weighted by atomic mass is 10.1. The van der Waals surface area contributed by atoms with E-state index in [2.05, 4.69) is 5.32 Å². The van der Waals surface area contributed by atoms with Gasteiger partial charge in [-0.1, -0.05) is 0 Å². The first kappa shape index (κ1) is 21.8. The summed E-state index contributed by atoms with van der Waals surface area (Å²) in [5.41, 5.74) is 0.216. The largest absolute Gasteiger partial charge is 0.452 e. The van der Waals surface area contributed by atoms with Crippen molar-refractivity contribution in [2.75, 3.05) is 36.5 Å². The summed E-state index contributed by atoms with van der Waals surface area (Å²) in [6.45, 7) is 1.27. The lowest BCUT2D eigenvalue weighted by Crippen LogP contribution is -2.34. The number of likely N-dealkylation sites (N-methyl/N-ethyl adjacent to an activating group) is 1. The molecule has 0 atom stereocenters. The van der Waals surface area contributed by atoms with Crippen LogP contribution in [0.4, 0.5) is 21.5 Å². The molecule has 9 nitrogen and oxygen atoms in total. The number of carbonyl (C=O) groups excluding carboxylic acids is 2. The first-order chi connectivity index (χ1) is 13.9. The number of esters is 1. The third-order valence-electron chi connectivity index (χ3n) is 3.94. The summed E-state index contributed by atoms with van der Waals surface area (Å²) in [5, 5.41) is 22.7. The third-order valence-corrected chi connectivity index (χ3v) is 3.94. The van der Waals surface area contributed by atoms with Gasteiger partial charge in [0.1, 0.15) is 5.82 Å².